The number of fused-ring (bicyclic) bond motifs is 2. The fourth-order valence-corrected chi connectivity index (χ4v) is 3.25. The van der Waals surface area contributed by atoms with E-state index in [1.165, 1.54) is 6.08 Å². The van der Waals surface area contributed by atoms with E-state index in [2.05, 4.69) is 5.32 Å². The summed E-state index contributed by atoms with van der Waals surface area (Å²) in [5, 5.41) is 3.64. The predicted molar refractivity (Wildman–Crippen MR) is 98.9 cm³/mol. The van der Waals surface area contributed by atoms with E-state index in [9.17, 15) is 4.79 Å². The molecule has 0 spiro atoms. The Morgan fingerprint density at radius 1 is 1.00 bits per heavy atom. The average molecular weight is 372 g/mol. The number of hydrogen-bond acceptors (Lipinski definition) is 4. The smallest absolute Gasteiger partial charge is 0.244 e. The van der Waals surface area contributed by atoms with Gasteiger partial charge in [-0.1, -0.05) is 17.7 Å². The number of carbonyl (C=O) groups excluding carboxylic acids is 1. The van der Waals surface area contributed by atoms with Gasteiger partial charge >= 0.3 is 0 Å². The summed E-state index contributed by atoms with van der Waals surface area (Å²) in [7, 11) is 0. The second-order valence-corrected chi connectivity index (χ2v) is 6.55. The summed E-state index contributed by atoms with van der Waals surface area (Å²) in [6.45, 7) is 1.65. The Kier molecular flexibility index (Phi) is 4.71. The highest BCUT2D eigenvalue weighted by Gasteiger charge is 2.22. The highest BCUT2D eigenvalue weighted by atomic mass is 35.5. The Morgan fingerprint density at radius 3 is 2.65 bits per heavy atom. The molecule has 0 aromatic heterocycles. The van der Waals surface area contributed by atoms with Gasteiger partial charge in [-0.15, -0.1) is 0 Å². The summed E-state index contributed by atoms with van der Waals surface area (Å²) in [4.78, 5) is 12.3. The maximum atomic E-state index is 12.3. The van der Waals surface area contributed by atoms with Crippen molar-refractivity contribution < 1.29 is 19.0 Å². The molecule has 5 nitrogen and oxygen atoms in total. The molecule has 4 rings (SSSR count). The zero-order valence-electron chi connectivity index (χ0n) is 14.0. The van der Waals surface area contributed by atoms with Crippen molar-refractivity contribution >= 4 is 23.6 Å². The molecular formula is C20H18ClNO4. The summed E-state index contributed by atoms with van der Waals surface area (Å²) < 4.78 is 16.7. The topological polar surface area (TPSA) is 56.8 Å². The van der Waals surface area contributed by atoms with Gasteiger partial charge < -0.3 is 19.5 Å². The quantitative estimate of drug-likeness (QED) is 0.834. The van der Waals surface area contributed by atoms with E-state index in [1.54, 1.807) is 12.1 Å². The first-order valence-electron chi connectivity index (χ1n) is 8.49. The third-order valence-electron chi connectivity index (χ3n) is 4.32. The summed E-state index contributed by atoms with van der Waals surface area (Å²) in [6.07, 6.45) is 3.98. The molecule has 2 aromatic carbocycles. The maximum Gasteiger partial charge on any atom is 0.244 e. The number of amides is 1. The molecule has 6 heteroatoms. The Labute approximate surface area is 156 Å². The number of halogens is 1. The Balaban J connectivity index is 1.45. The van der Waals surface area contributed by atoms with Crippen LogP contribution in [0, 0.1) is 0 Å². The van der Waals surface area contributed by atoms with Gasteiger partial charge in [-0.05, 0) is 42.0 Å². The minimum atomic E-state index is -0.169. The first kappa shape index (κ1) is 16.8. The van der Waals surface area contributed by atoms with E-state index < -0.39 is 0 Å². The number of rotatable bonds is 3. The van der Waals surface area contributed by atoms with Crippen LogP contribution in [0.15, 0.2) is 42.5 Å². The first-order chi connectivity index (χ1) is 12.7. The summed E-state index contributed by atoms with van der Waals surface area (Å²) in [5.74, 6) is 2.03. The van der Waals surface area contributed by atoms with E-state index >= 15 is 0 Å². The molecule has 134 valence electrons. The van der Waals surface area contributed by atoms with Gasteiger partial charge in [0.15, 0.2) is 11.5 Å². The Bertz CT molecular complexity index is 865. The number of hydrogen-bond donors (Lipinski definition) is 1. The van der Waals surface area contributed by atoms with Crippen LogP contribution in [0.2, 0.25) is 5.02 Å². The molecule has 2 heterocycles. The van der Waals surface area contributed by atoms with Crippen molar-refractivity contribution in [1.29, 1.82) is 0 Å². The van der Waals surface area contributed by atoms with Crippen molar-refractivity contribution in [1.82, 2.24) is 5.32 Å². The fourth-order valence-electron chi connectivity index (χ4n) is 3.07. The largest absolute Gasteiger partial charge is 0.493 e. The van der Waals surface area contributed by atoms with Crippen LogP contribution in [0.25, 0.3) is 6.08 Å². The van der Waals surface area contributed by atoms with Gasteiger partial charge in [0.25, 0.3) is 0 Å². The van der Waals surface area contributed by atoms with Crippen LogP contribution in [0.5, 0.6) is 17.2 Å². The molecule has 1 amide bonds. The molecule has 0 radical (unpaired) electrons. The lowest BCUT2D eigenvalue weighted by Gasteiger charge is -2.26. The average Bonchev–Trinajstić information content (AvgIpc) is 2.67. The summed E-state index contributed by atoms with van der Waals surface area (Å²) in [6, 6.07) is 10.9. The van der Waals surface area contributed by atoms with Crippen LogP contribution in [-0.2, 0) is 4.79 Å². The number of ether oxygens (including phenoxy) is 3. The molecule has 0 bridgehead atoms. The lowest BCUT2D eigenvalue weighted by Crippen LogP contribution is -2.30. The molecule has 1 atom stereocenters. The van der Waals surface area contributed by atoms with Gasteiger partial charge in [0.1, 0.15) is 19.0 Å². The third kappa shape index (κ3) is 3.63. The van der Waals surface area contributed by atoms with Gasteiger partial charge in [0.05, 0.1) is 12.6 Å². The van der Waals surface area contributed by atoms with E-state index in [0.717, 1.165) is 22.6 Å². The van der Waals surface area contributed by atoms with E-state index in [4.69, 9.17) is 25.8 Å². The molecule has 0 fully saturated rings. The maximum absolute atomic E-state index is 12.3. The summed E-state index contributed by atoms with van der Waals surface area (Å²) >= 11 is 6.07. The zero-order valence-corrected chi connectivity index (χ0v) is 14.8. The highest BCUT2D eigenvalue weighted by Crippen LogP contribution is 2.34. The van der Waals surface area contributed by atoms with Crippen molar-refractivity contribution in [2.75, 3.05) is 19.8 Å². The van der Waals surface area contributed by atoms with Crippen LogP contribution in [0.4, 0.5) is 0 Å². The summed E-state index contributed by atoms with van der Waals surface area (Å²) in [5.41, 5.74) is 1.78. The molecule has 2 aromatic rings. The standard InChI is InChI=1S/C20H18ClNO4/c21-14-3-5-17-15(12-14)16(7-8-24-17)22-20(23)6-2-13-1-4-18-19(11-13)26-10-9-25-18/h1-6,11-12,16H,7-10H2,(H,22,23)/b6-2-. The van der Waals surface area contributed by atoms with Crippen molar-refractivity contribution in [3.05, 3.63) is 58.6 Å². The molecule has 0 aliphatic carbocycles. The molecule has 1 N–H and O–H groups in total. The first-order valence-corrected chi connectivity index (χ1v) is 8.87. The van der Waals surface area contributed by atoms with Crippen molar-refractivity contribution in [3.8, 4) is 17.2 Å². The monoisotopic (exact) mass is 371 g/mol. The van der Waals surface area contributed by atoms with Gasteiger partial charge in [-0.3, -0.25) is 4.79 Å². The molecule has 2 aliphatic heterocycles. The highest BCUT2D eigenvalue weighted by molar-refractivity contribution is 6.30. The minimum absolute atomic E-state index is 0.116. The van der Waals surface area contributed by atoms with Crippen molar-refractivity contribution in [3.63, 3.8) is 0 Å². The van der Waals surface area contributed by atoms with Crippen LogP contribution in [0.1, 0.15) is 23.6 Å². The normalized spacial score (nSPS) is 18.1. The molecule has 0 saturated heterocycles. The van der Waals surface area contributed by atoms with Crippen LogP contribution >= 0.6 is 11.6 Å². The van der Waals surface area contributed by atoms with E-state index in [1.807, 2.05) is 30.3 Å². The van der Waals surface area contributed by atoms with Crippen LogP contribution in [-0.4, -0.2) is 25.7 Å². The lowest BCUT2D eigenvalue weighted by atomic mass is 10.0. The Hall–Kier alpha value is -2.66. The van der Waals surface area contributed by atoms with Crippen LogP contribution < -0.4 is 19.5 Å². The number of benzene rings is 2. The molecule has 26 heavy (non-hydrogen) atoms. The van der Waals surface area contributed by atoms with Gasteiger partial charge in [-0.25, -0.2) is 0 Å². The molecule has 0 saturated carbocycles. The molecular weight excluding hydrogens is 354 g/mol. The van der Waals surface area contributed by atoms with E-state index in [-0.39, 0.29) is 11.9 Å². The Morgan fingerprint density at radius 2 is 1.77 bits per heavy atom. The van der Waals surface area contributed by atoms with Crippen LogP contribution in [0.3, 0.4) is 0 Å². The number of carbonyl (C=O) groups is 1. The lowest BCUT2D eigenvalue weighted by molar-refractivity contribution is -0.117. The fraction of sp³-hybridized carbons (Fsp3) is 0.250. The van der Waals surface area contributed by atoms with Crippen molar-refractivity contribution in [2.24, 2.45) is 0 Å². The van der Waals surface area contributed by atoms with Gasteiger partial charge in [0, 0.05) is 23.1 Å². The third-order valence-corrected chi connectivity index (χ3v) is 4.56. The minimum Gasteiger partial charge on any atom is -0.493 e. The van der Waals surface area contributed by atoms with Gasteiger partial charge in [0.2, 0.25) is 5.91 Å². The second-order valence-electron chi connectivity index (χ2n) is 6.12. The molecule has 2 aliphatic rings. The van der Waals surface area contributed by atoms with Gasteiger partial charge in [-0.2, -0.15) is 0 Å². The molecule has 1 unspecified atom stereocenters. The predicted octanol–water partition coefficient (Wildman–Crippen LogP) is 3.76. The second kappa shape index (κ2) is 7.30. The number of nitrogens with one attached hydrogen (secondary N) is 1. The van der Waals surface area contributed by atoms with E-state index in [0.29, 0.717) is 37.0 Å². The SMILES string of the molecule is O=C(/C=C\c1ccc2c(c1)OCCO2)NC1CCOc2ccc(Cl)cc21. The van der Waals surface area contributed by atoms with Crippen molar-refractivity contribution in [2.45, 2.75) is 12.5 Å². The zero-order chi connectivity index (χ0) is 17.9.